The number of ether oxygens (including phenoxy) is 1. The summed E-state index contributed by atoms with van der Waals surface area (Å²) in [5, 5.41) is 0.947. The third-order valence-corrected chi connectivity index (χ3v) is 7.00. The van der Waals surface area contributed by atoms with E-state index >= 15 is 0 Å². The van der Waals surface area contributed by atoms with Gasteiger partial charge in [0.05, 0.1) is 5.56 Å². The molecular weight excluding hydrogens is 300 g/mol. The molecule has 3 nitrogen and oxygen atoms in total. The van der Waals surface area contributed by atoms with Crippen LogP contribution in [0.3, 0.4) is 0 Å². The molecule has 4 fully saturated rings. The van der Waals surface area contributed by atoms with Crippen LogP contribution in [0.4, 0.5) is 0 Å². The van der Waals surface area contributed by atoms with Gasteiger partial charge >= 0.3 is 5.63 Å². The molecule has 0 unspecified atom stereocenters. The maximum atomic E-state index is 11.6. The van der Waals surface area contributed by atoms with E-state index in [1.807, 2.05) is 18.2 Å². The van der Waals surface area contributed by atoms with E-state index in [2.05, 4.69) is 12.2 Å². The molecular formula is C21H20O3. The van der Waals surface area contributed by atoms with E-state index in [-0.39, 0.29) is 11.2 Å². The van der Waals surface area contributed by atoms with E-state index in [1.54, 1.807) is 0 Å². The van der Waals surface area contributed by atoms with E-state index in [1.165, 1.54) is 38.2 Å². The van der Waals surface area contributed by atoms with Crippen LogP contribution < -0.4 is 10.4 Å². The van der Waals surface area contributed by atoms with Crippen LogP contribution in [0.15, 0.2) is 39.6 Å². The topological polar surface area (TPSA) is 39.4 Å². The van der Waals surface area contributed by atoms with Crippen molar-refractivity contribution in [1.29, 1.82) is 0 Å². The van der Waals surface area contributed by atoms with Crippen LogP contribution in [-0.2, 0) is 0 Å². The van der Waals surface area contributed by atoms with Crippen molar-refractivity contribution in [3.05, 3.63) is 46.3 Å². The Morgan fingerprint density at radius 3 is 2.38 bits per heavy atom. The highest BCUT2D eigenvalue weighted by molar-refractivity contribution is 5.89. The molecule has 4 bridgehead atoms. The fraction of sp³-hybridized carbons (Fsp3) is 0.476. The summed E-state index contributed by atoms with van der Waals surface area (Å²) in [5.41, 5.74) is 1.14. The molecule has 0 amide bonds. The molecule has 1 aromatic heterocycles. The van der Waals surface area contributed by atoms with Crippen LogP contribution in [0.25, 0.3) is 17.0 Å². The standard InChI is InChI=1S/C21H20O3/c22-19-4-2-14-1-3-18-17(20(14)23-19)5-6-21(24-18)15-8-12-7-13(10-15)11-16(21)9-12/h1-6,12-13,15-16H,7-11H2. The molecule has 3 heteroatoms. The van der Waals surface area contributed by atoms with Gasteiger partial charge in [0.25, 0.3) is 0 Å². The van der Waals surface area contributed by atoms with Gasteiger partial charge in [-0.1, -0.05) is 0 Å². The Labute approximate surface area is 140 Å². The zero-order valence-corrected chi connectivity index (χ0v) is 13.5. The summed E-state index contributed by atoms with van der Waals surface area (Å²) in [5.74, 6) is 4.03. The first-order valence-corrected chi connectivity index (χ1v) is 9.16. The molecule has 2 heterocycles. The number of rotatable bonds is 0. The average Bonchev–Trinajstić information content (AvgIpc) is 2.58. The Balaban J connectivity index is 1.50. The predicted octanol–water partition coefficient (Wildman–Crippen LogP) is 4.39. The Hall–Kier alpha value is -2.03. The van der Waals surface area contributed by atoms with Crippen LogP contribution in [0, 0.1) is 23.7 Å². The summed E-state index contributed by atoms with van der Waals surface area (Å²) in [6.07, 6.45) is 11.2. The quantitative estimate of drug-likeness (QED) is 0.676. The van der Waals surface area contributed by atoms with Crippen molar-refractivity contribution in [3.8, 4) is 5.75 Å². The van der Waals surface area contributed by atoms with E-state index < -0.39 is 0 Å². The molecule has 122 valence electrons. The summed E-state index contributed by atoms with van der Waals surface area (Å²) in [6.45, 7) is 0. The van der Waals surface area contributed by atoms with Gasteiger partial charge in [0.1, 0.15) is 16.9 Å². The first-order valence-electron chi connectivity index (χ1n) is 9.16. The fourth-order valence-corrected chi connectivity index (χ4v) is 6.18. The van der Waals surface area contributed by atoms with Crippen molar-refractivity contribution < 1.29 is 9.15 Å². The van der Waals surface area contributed by atoms with Crippen molar-refractivity contribution in [2.45, 2.75) is 37.7 Å². The molecule has 0 N–H and O–H groups in total. The van der Waals surface area contributed by atoms with Crippen LogP contribution in [-0.4, -0.2) is 5.60 Å². The summed E-state index contributed by atoms with van der Waals surface area (Å²) in [6, 6.07) is 7.35. The van der Waals surface area contributed by atoms with E-state index in [9.17, 15) is 4.79 Å². The zero-order chi connectivity index (χ0) is 15.9. The minimum atomic E-state index is -0.306. The molecule has 7 rings (SSSR count). The lowest BCUT2D eigenvalue weighted by atomic mass is 9.49. The van der Waals surface area contributed by atoms with Crippen LogP contribution in [0.2, 0.25) is 0 Å². The van der Waals surface area contributed by atoms with Crippen molar-refractivity contribution in [2.75, 3.05) is 0 Å². The number of hydrogen-bond donors (Lipinski definition) is 0. The molecule has 2 aromatic rings. The highest BCUT2D eigenvalue weighted by Gasteiger charge is 2.58. The second-order valence-corrected chi connectivity index (χ2v) is 8.24. The Morgan fingerprint density at radius 1 is 0.917 bits per heavy atom. The minimum absolute atomic E-state index is 0.122. The normalized spacial score (nSPS) is 38.5. The van der Waals surface area contributed by atoms with Crippen molar-refractivity contribution in [2.24, 2.45) is 23.7 Å². The molecule has 1 aliphatic heterocycles. The first-order chi connectivity index (χ1) is 11.7. The highest BCUT2D eigenvalue weighted by atomic mass is 16.5. The van der Waals surface area contributed by atoms with Crippen molar-refractivity contribution in [1.82, 2.24) is 0 Å². The lowest BCUT2D eigenvalue weighted by Crippen LogP contribution is -2.60. The monoisotopic (exact) mass is 320 g/mol. The smallest absolute Gasteiger partial charge is 0.336 e. The maximum absolute atomic E-state index is 11.6. The molecule has 1 spiro atoms. The van der Waals surface area contributed by atoms with Crippen LogP contribution in [0.1, 0.15) is 37.7 Å². The fourth-order valence-electron chi connectivity index (χ4n) is 6.18. The molecule has 1 aromatic carbocycles. The van der Waals surface area contributed by atoms with Gasteiger partial charge in [0.2, 0.25) is 0 Å². The molecule has 24 heavy (non-hydrogen) atoms. The lowest BCUT2D eigenvalue weighted by Gasteiger charge is -2.60. The maximum Gasteiger partial charge on any atom is 0.336 e. The van der Waals surface area contributed by atoms with Gasteiger partial charge in [-0.05, 0) is 74.3 Å². The second-order valence-electron chi connectivity index (χ2n) is 8.24. The third kappa shape index (κ3) is 1.60. The number of hydrogen-bond acceptors (Lipinski definition) is 3. The van der Waals surface area contributed by atoms with Gasteiger partial charge in [-0.15, -0.1) is 0 Å². The summed E-state index contributed by atoms with van der Waals surface area (Å²) < 4.78 is 12.2. The Kier molecular flexibility index (Phi) is 2.39. The van der Waals surface area contributed by atoms with Crippen molar-refractivity contribution in [3.63, 3.8) is 0 Å². The lowest BCUT2D eigenvalue weighted by molar-refractivity contribution is -0.128. The Morgan fingerprint density at radius 2 is 1.62 bits per heavy atom. The third-order valence-electron chi connectivity index (χ3n) is 7.00. The molecule has 0 saturated heterocycles. The Bertz CT molecular complexity index is 908. The first kappa shape index (κ1) is 13.3. The molecule has 0 radical (unpaired) electrons. The van der Waals surface area contributed by atoms with Gasteiger partial charge in [-0.25, -0.2) is 4.79 Å². The van der Waals surface area contributed by atoms with Gasteiger partial charge in [0, 0.05) is 23.3 Å². The number of fused-ring (bicyclic) bond motifs is 3. The largest absolute Gasteiger partial charge is 0.482 e. The van der Waals surface area contributed by atoms with Crippen LogP contribution in [0.5, 0.6) is 5.75 Å². The average molecular weight is 320 g/mol. The van der Waals surface area contributed by atoms with E-state index in [0.717, 1.165) is 28.5 Å². The molecule has 4 aliphatic carbocycles. The van der Waals surface area contributed by atoms with Gasteiger partial charge in [-0.2, -0.15) is 0 Å². The van der Waals surface area contributed by atoms with E-state index in [0.29, 0.717) is 17.4 Å². The highest BCUT2D eigenvalue weighted by Crippen LogP contribution is 2.61. The van der Waals surface area contributed by atoms with E-state index in [4.69, 9.17) is 9.15 Å². The minimum Gasteiger partial charge on any atom is -0.482 e. The summed E-state index contributed by atoms with van der Waals surface area (Å²) >= 11 is 0. The van der Waals surface area contributed by atoms with Gasteiger partial charge < -0.3 is 9.15 Å². The SMILES string of the molecule is O=c1ccc2ccc3c(c2o1)C=CC1(O3)C2CC3CC(C2)CC1C3. The van der Waals surface area contributed by atoms with Crippen molar-refractivity contribution >= 4 is 17.0 Å². The van der Waals surface area contributed by atoms with Gasteiger partial charge in [-0.3, -0.25) is 0 Å². The molecule has 5 aliphatic rings. The van der Waals surface area contributed by atoms with Crippen LogP contribution >= 0.6 is 0 Å². The number of benzene rings is 1. The summed E-state index contributed by atoms with van der Waals surface area (Å²) in [7, 11) is 0. The molecule has 4 saturated carbocycles. The summed E-state index contributed by atoms with van der Waals surface area (Å²) in [4.78, 5) is 11.6. The zero-order valence-electron chi connectivity index (χ0n) is 13.5. The second kappa shape index (κ2) is 4.33. The molecule has 0 atom stereocenters. The predicted molar refractivity (Wildman–Crippen MR) is 91.9 cm³/mol. The van der Waals surface area contributed by atoms with Gasteiger partial charge in [0.15, 0.2) is 0 Å².